The van der Waals surface area contributed by atoms with Crippen LogP contribution in [0.25, 0.3) is 0 Å². The van der Waals surface area contributed by atoms with Crippen molar-refractivity contribution in [2.75, 3.05) is 0 Å². The van der Waals surface area contributed by atoms with Gasteiger partial charge in [0.1, 0.15) is 0 Å². The molecule has 0 aromatic carbocycles. The Kier molecular flexibility index (Phi) is 4.88. The fourth-order valence-electron chi connectivity index (χ4n) is 3.46. The van der Waals surface area contributed by atoms with E-state index in [1.165, 1.54) is 0 Å². The second-order valence-electron chi connectivity index (χ2n) is 6.38. The predicted octanol–water partition coefficient (Wildman–Crippen LogP) is 1.87. The smallest absolute Gasteiger partial charge is 0.305 e. The lowest BCUT2D eigenvalue weighted by Gasteiger charge is -2.28. The SMILES string of the molecule is Cc1nn(C)c(C)c1CCC(=O)NC1(CC(=O)O)CCCC1. The van der Waals surface area contributed by atoms with E-state index in [2.05, 4.69) is 10.4 Å². The third kappa shape index (κ3) is 3.67. The van der Waals surface area contributed by atoms with Gasteiger partial charge in [0.2, 0.25) is 5.91 Å². The minimum Gasteiger partial charge on any atom is -0.481 e. The molecule has 0 saturated heterocycles. The zero-order valence-electron chi connectivity index (χ0n) is 13.6. The number of nitrogens with zero attached hydrogens (tertiary/aromatic N) is 2. The molecule has 1 fully saturated rings. The summed E-state index contributed by atoms with van der Waals surface area (Å²) >= 11 is 0. The Hall–Kier alpha value is -1.85. The van der Waals surface area contributed by atoms with Crippen LogP contribution in [0.3, 0.4) is 0 Å². The summed E-state index contributed by atoms with van der Waals surface area (Å²) in [5.74, 6) is -0.910. The van der Waals surface area contributed by atoms with Gasteiger partial charge in [-0.25, -0.2) is 0 Å². The minimum absolute atomic E-state index is 0.0175. The molecule has 0 unspecified atom stereocenters. The molecular formula is C16H25N3O3. The maximum Gasteiger partial charge on any atom is 0.305 e. The molecule has 22 heavy (non-hydrogen) atoms. The predicted molar refractivity (Wildman–Crippen MR) is 82.6 cm³/mol. The van der Waals surface area contributed by atoms with Crippen LogP contribution in [0.15, 0.2) is 0 Å². The molecule has 0 spiro atoms. The third-order valence-electron chi connectivity index (χ3n) is 4.72. The number of amides is 1. The Morgan fingerprint density at radius 1 is 1.32 bits per heavy atom. The molecule has 2 N–H and O–H groups in total. The van der Waals surface area contributed by atoms with Gasteiger partial charge in [0.25, 0.3) is 0 Å². The number of hydrogen-bond acceptors (Lipinski definition) is 3. The number of aryl methyl sites for hydroxylation is 2. The topological polar surface area (TPSA) is 84.2 Å². The van der Waals surface area contributed by atoms with Crippen LogP contribution in [-0.2, 0) is 23.1 Å². The van der Waals surface area contributed by atoms with Crippen molar-refractivity contribution < 1.29 is 14.7 Å². The zero-order chi connectivity index (χ0) is 16.3. The average Bonchev–Trinajstić information content (AvgIpc) is 2.94. The minimum atomic E-state index is -0.846. The van der Waals surface area contributed by atoms with Crippen LogP contribution in [0, 0.1) is 13.8 Å². The molecule has 2 rings (SSSR count). The summed E-state index contributed by atoms with van der Waals surface area (Å²) in [6, 6.07) is 0. The van der Waals surface area contributed by atoms with Gasteiger partial charge in [-0.1, -0.05) is 12.8 Å². The lowest BCUT2D eigenvalue weighted by Crippen LogP contribution is -2.47. The van der Waals surface area contributed by atoms with Gasteiger partial charge in [-0.05, 0) is 38.7 Å². The number of carboxylic acids is 1. The van der Waals surface area contributed by atoms with Crippen molar-refractivity contribution in [3.8, 4) is 0 Å². The first-order chi connectivity index (χ1) is 10.3. The van der Waals surface area contributed by atoms with E-state index in [9.17, 15) is 9.59 Å². The Morgan fingerprint density at radius 3 is 2.45 bits per heavy atom. The van der Waals surface area contributed by atoms with Crippen molar-refractivity contribution in [1.29, 1.82) is 0 Å². The third-order valence-corrected chi connectivity index (χ3v) is 4.72. The first kappa shape index (κ1) is 16.5. The highest BCUT2D eigenvalue weighted by Crippen LogP contribution is 2.32. The van der Waals surface area contributed by atoms with Crippen molar-refractivity contribution in [2.24, 2.45) is 7.05 Å². The monoisotopic (exact) mass is 307 g/mol. The summed E-state index contributed by atoms with van der Waals surface area (Å²) in [6.45, 7) is 3.94. The maximum atomic E-state index is 12.3. The van der Waals surface area contributed by atoms with E-state index >= 15 is 0 Å². The molecule has 122 valence electrons. The molecule has 1 amide bonds. The number of carbonyl (C=O) groups excluding carboxylic acids is 1. The van der Waals surface area contributed by atoms with Crippen LogP contribution in [0.1, 0.15) is 55.5 Å². The molecule has 1 saturated carbocycles. The molecule has 6 nitrogen and oxygen atoms in total. The van der Waals surface area contributed by atoms with Gasteiger partial charge in [0.15, 0.2) is 0 Å². The molecule has 1 aliphatic rings. The highest BCUT2D eigenvalue weighted by Gasteiger charge is 2.37. The summed E-state index contributed by atoms with van der Waals surface area (Å²) < 4.78 is 1.82. The number of aromatic nitrogens is 2. The Balaban J connectivity index is 1.96. The van der Waals surface area contributed by atoms with Gasteiger partial charge in [0, 0.05) is 19.2 Å². The van der Waals surface area contributed by atoms with E-state index in [0.717, 1.165) is 42.6 Å². The first-order valence-electron chi connectivity index (χ1n) is 7.85. The standard InChI is InChI=1S/C16H25N3O3/c1-11-13(12(2)19(3)18-11)6-7-14(20)17-16(10-15(21)22)8-4-5-9-16/h4-10H2,1-3H3,(H,17,20)(H,21,22). The van der Waals surface area contributed by atoms with Gasteiger partial charge in [-0.3, -0.25) is 14.3 Å². The Labute approximate surface area is 130 Å². The van der Waals surface area contributed by atoms with Crippen LogP contribution < -0.4 is 5.32 Å². The van der Waals surface area contributed by atoms with Crippen molar-refractivity contribution in [2.45, 2.75) is 64.3 Å². The average molecular weight is 307 g/mol. The maximum absolute atomic E-state index is 12.3. The molecule has 1 aliphatic carbocycles. The van der Waals surface area contributed by atoms with E-state index in [4.69, 9.17) is 5.11 Å². The fourth-order valence-corrected chi connectivity index (χ4v) is 3.46. The van der Waals surface area contributed by atoms with Gasteiger partial charge >= 0.3 is 5.97 Å². The molecule has 6 heteroatoms. The van der Waals surface area contributed by atoms with Crippen molar-refractivity contribution >= 4 is 11.9 Å². The Bertz CT molecular complexity index is 571. The first-order valence-corrected chi connectivity index (χ1v) is 7.85. The van der Waals surface area contributed by atoms with Gasteiger partial charge in [-0.15, -0.1) is 0 Å². The van der Waals surface area contributed by atoms with Gasteiger partial charge in [-0.2, -0.15) is 5.10 Å². The van der Waals surface area contributed by atoms with E-state index in [0.29, 0.717) is 12.8 Å². The molecule has 0 aliphatic heterocycles. The molecule has 1 aromatic rings. The van der Waals surface area contributed by atoms with Gasteiger partial charge in [0.05, 0.1) is 17.7 Å². The van der Waals surface area contributed by atoms with E-state index in [1.54, 1.807) is 0 Å². The van der Waals surface area contributed by atoms with Crippen LogP contribution >= 0.6 is 0 Å². The lowest BCUT2D eigenvalue weighted by molar-refractivity contribution is -0.139. The van der Waals surface area contributed by atoms with Gasteiger partial charge < -0.3 is 10.4 Å². The highest BCUT2D eigenvalue weighted by atomic mass is 16.4. The largest absolute Gasteiger partial charge is 0.481 e. The van der Waals surface area contributed by atoms with E-state index < -0.39 is 11.5 Å². The van der Waals surface area contributed by atoms with Crippen LogP contribution in [0.4, 0.5) is 0 Å². The molecule has 1 aromatic heterocycles. The fraction of sp³-hybridized carbons (Fsp3) is 0.688. The van der Waals surface area contributed by atoms with Crippen LogP contribution in [-0.4, -0.2) is 32.3 Å². The lowest BCUT2D eigenvalue weighted by atomic mass is 9.92. The molecular weight excluding hydrogens is 282 g/mol. The van der Waals surface area contributed by atoms with E-state index in [-0.39, 0.29) is 12.3 Å². The summed E-state index contributed by atoms with van der Waals surface area (Å²) in [7, 11) is 1.90. The van der Waals surface area contributed by atoms with E-state index in [1.807, 2.05) is 25.6 Å². The number of carboxylic acid groups (broad SMARTS) is 1. The number of carbonyl (C=O) groups is 2. The number of nitrogens with one attached hydrogen (secondary N) is 1. The number of aliphatic carboxylic acids is 1. The summed E-state index contributed by atoms with van der Waals surface area (Å²) in [5, 5.41) is 16.4. The normalized spacial score (nSPS) is 16.7. The second kappa shape index (κ2) is 6.50. The number of rotatable bonds is 6. The van der Waals surface area contributed by atoms with Crippen molar-refractivity contribution in [3.05, 3.63) is 17.0 Å². The number of hydrogen-bond donors (Lipinski definition) is 2. The molecule has 0 bridgehead atoms. The van der Waals surface area contributed by atoms with Crippen molar-refractivity contribution in [3.63, 3.8) is 0 Å². The second-order valence-corrected chi connectivity index (χ2v) is 6.38. The Morgan fingerprint density at radius 2 is 1.95 bits per heavy atom. The zero-order valence-corrected chi connectivity index (χ0v) is 13.6. The van der Waals surface area contributed by atoms with Crippen LogP contribution in [0.5, 0.6) is 0 Å². The molecule has 0 radical (unpaired) electrons. The summed E-state index contributed by atoms with van der Waals surface area (Å²) in [4.78, 5) is 23.3. The van der Waals surface area contributed by atoms with Crippen molar-refractivity contribution in [1.82, 2.24) is 15.1 Å². The highest BCUT2D eigenvalue weighted by molar-refractivity contribution is 5.78. The van der Waals surface area contributed by atoms with Crippen LogP contribution in [0.2, 0.25) is 0 Å². The molecule has 0 atom stereocenters. The molecule has 1 heterocycles. The quantitative estimate of drug-likeness (QED) is 0.840. The summed E-state index contributed by atoms with van der Waals surface area (Å²) in [6.07, 6.45) is 4.51. The summed E-state index contributed by atoms with van der Waals surface area (Å²) in [5.41, 5.74) is 2.60.